The van der Waals surface area contributed by atoms with E-state index in [0.717, 1.165) is 12.2 Å². The number of fused-ring (bicyclic) bond motifs is 1. The lowest BCUT2D eigenvalue weighted by Crippen LogP contribution is -2.19. The lowest BCUT2D eigenvalue weighted by Gasteiger charge is -2.23. The van der Waals surface area contributed by atoms with Crippen LogP contribution < -0.4 is 5.73 Å². The number of ether oxygens (including phenoxy) is 1. The molecular weight excluding hydrogens is 174 g/mol. The van der Waals surface area contributed by atoms with Crippen molar-refractivity contribution in [2.75, 3.05) is 7.11 Å². The van der Waals surface area contributed by atoms with Crippen molar-refractivity contribution in [1.82, 2.24) is 0 Å². The van der Waals surface area contributed by atoms with Crippen molar-refractivity contribution in [3.63, 3.8) is 0 Å². The summed E-state index contributed by atoms with van der Waals surface area (Å²) in [5.74, 6) is 0.876. The maximum atomic E-state index is 6.06. The van der Waals surface area contributed by atoms with E-state index in [2.05, 4.69) is 31.2 Å². The van der Waals surface area contributed by atoms with Crippen molar-refractivity contribution in [3.05, 3.63) is 46.7 Å². The van der Waals surface area contributed by atoms with Crippen molar-refractivity contribution in [3.8, 4) is 0 Å². The molecule has 2 heteroatoms. The minimum absolute atomic E-state index is 0.0932. The van der Waals surface area contributed by atoms with E-state index in [9.17, 15) is 0 Å². The molecule has 2 rings (SSSR count). The first-order chi connectivity index (χ1) is 6.72. The van der Waals surface area contributed by atoms with Crippen LogP contribution in [0, 0.1) is 6.92 Å². The molecule has 74 valence electrons. The summed E-state index contributed by atoms with van der Waals surface area (Å²) in [6.07, 6.45) is 2.99. The number of methoxy groups -OCH3 is 1. The van der Waals surface area contributed by atoms with Gasteiger partial charge < -0.3 is 10.5 Å². The Bertz CT molecular complexity index is 382. The molecule has 0 amide bonds. The van der Waals surface area contributed by atoms with Crippen LogP contribution in [0.2, 0.25) is 0 Å². The van der Waals surface area contributed by atoms with E-state index in [1.54, 1.807) is 7.11 Å². The van der Waals surface area contributed by atoms with Crippen molar-refractivity contribution in [2.24, 2.45) is 5.73 Å². The molecule has 0 aromatic heterocycles. The predicted molar refractivity (Wildman–Crippen MR) is 56.9 cm³/mol. The molecule has 0 fully saturated rings. The van der Waals surface area contributed by atoms with Crippen LogP contribution in [0.5, 0.6) is 0 Å². The summed E-state index contributed by atoms with van der Waals surface area (Å²) in [7, 11) is 1.67. The number of benzene rings is 1. The third kappa shape index (κ3) is 1.42. The molecule has 1 aromatic carbocycles. The molecular formula is C12H15NO. The smallest absolute Gasteiger partial charge is 0.113 e. The fraction of sp³-hybridized carbons (Fsp3) is 0.333. The van der Waals surface area contributed by atoms with Gasteiger partial charge in [-0.2, -0.15) is 0 Å². The molecule has 0 aliphatic heterocycles. The van der Waals surface area contributed by atoms with E-state index in [1.165, 1.54) is 16.7 Å². The largest absolute Gasteiger partial charge is 0.499 e. The van der Waals surface area contributed by atoms with E-state index in [1.807, 2.05) is 0 Å². The van der Waals surface area contributed by atoms with Crippen LogP contribution in [0.15, 0.2) is 30.0 Å². The summed E-state index contributed by atoms with van der Waals surface area (Å²) < 4.78 is 5.23. The van der Waals surface area contributed by atoms with Gasteiger partial charge in [0.15, 0.2) is 0 Å². The summed E-state index contributed by atoms with van der Waals surface area (Å²) in [5, 5.41) is 0. The summed E-state index contributed by atoms with van der Waals surface area (Å²) in [6, 6.07) is 6.29. The number of rotatable bonds is 1. The van der Waals surface area contributed by atoms with Crippen LogP contribution in [0.25, 0.3) is 0 Å². The lowest BCUT2D eigenvalue weighted by atomic mass is 9.91. The molecule has 2 nitrogen and oxygen atoms in total. The first kappa shape index (κ1) is 9.28. The van der Waals surface area contributed by atoms with E-state index < -0.39 is 0 Å². The van der Waals surface area contributed by atoms with Crippen LogP contribution in [-0.2, 0) is 11.2 Å². The van der Waals surface area contributed by atoms with Gasteiger partial charge in [0, 0.05) is 0 Å². The Morgan fingerprint density at radius 2 is 2.21 bits per heavy atom. The summed E-state index contributed by atoms with van der Waals surface area (Å²) in [5.41, 5.74) is 9.85. The number of nitrogens with two attached hydrogens (primary N) is 1. The lowest BCUT2D eigenvalue weighted by molar-refractivity contribution is 0.261. The molecule has 1 aromatic rings. The third-order valence-electron chi connectivity index (χ3n) is 2.70. The molecule has 0 spiro atoms. The molecule has 1 aliphatic carbocycles. The van der Waals surface area contributed by atoms with Crippen molar-refractivity contribution in [2.45, 2.75) is 19.4 Å². The fourth-order valence-electron chi connectivity index (χ4n) is 1.92. The molecule has 0 bridgehead atoms. The average molecular weight is 189 g/mol. The second kappa shape index (κ2) is 3.46. The Kier molecular flexibility index (Phi) is 2.30. The zero-order valence-electron chi connectivity index (χ0n) is 8.58. The standard InChI is InChI=1S/C12H15NO/c1-8-3-5-10-9(7-8)4-6-11(14-2)12(10)13/h3,5-7,12H,4,13H2,1-2H3. The summed E-state index contributed by atoms with van der Waals surface area (Å²) in [6.45, 7) is 2.10. The first-order valence-electron chi connectivity index (χ1n) is 4.81. The summed E-state index contributed by atoms with van der Waals surface area (Å²) >= 11 is 0. The van der Waals surface area contributed by atoms with E-state index in [-0.39, 0.29) is 6.04 Å². The van der Waals surface area contributed by atoms with Gasteiger partial charge in [0.2, 0.25) is 0 Å². The quantitative estimate of drug-likeness (QED) is 0.734. The molecule has 1 atom stereocenters. The Hall–Kier alpha value is -1.28. The predicted octanol–water partition coefficient (Wildman–Crippen LogP) is 2.08. The highest BCUT2D eigenvalue weighted by molar-refractivity contribution is 5.41. The van der Waals surface area contributed by atoms with Crippen molar-refractivity contribution >= 4 is 0 Å². The van der Waals surface area contributed by atoms with Crippen LogP contribution in [0.4, 0.5) is 0 Å². The Morgan fingerprint density at radius 3 is 2.93 bits per heavy atom. The minimum atomic E-state index is -0.0932. The third-order valence-corrected chi connectivity index (χ3v) is 2.70. The number of hydrogen-bond acceptors (Lipinski definition) is 2. The van der Waals surface area contributed by atoms with E-state index in [0.29, 0.717) is 0 Å². The molecule has 0 saturated carbocycles. The van der Waals surface area contributed by atoms with E-state index in [4.69, 9.17) is 10.5 Å². The maximum Gasteiger partial charge on any atom is 0.113 e. The molecule has 0 heterocycles. The number of allylic oxidation sites excluding steroid dienone is 1. The monoisotopic (exact) mass is 189 g/mol. The second-order valence-corrected chi connectivity index (χ2v) is 3.69. The first-order valence-corrected chi connectivity index (χ1v) is 4.81. The molecule has 2 N–H and O–H groups in total. The Morgan fingerprint density at radius 1 is 1.43 bits per heavy atom. The number of aryl methyl sites for hydroxylation is 1. The van der Waals surface area contributed by atoms with Crippen molar-refractivity contribution < 1.29 is 4.74 Å². The van der Waals surface area contributed by atoms with Crippen LogP contribution in [0.1, 0.15) is 22.7 Å². The minimum Gasteiger partial charge on any atom is -0.499 e. The van der Waals surface area contributed by atoms with Gasteiger partial charge in [0.05, 0.1) is 13.2 Å². The van der Waals surface area contributed by atoms with Gasteiger partial charge in [0.25, 0.3) is 0 Å². The van der Waals surface area contributed by atoms with Crippen LogP contribution in [-0.4, -0.2) is 7.11 Å². The van der Waals surface area contributed by atoms with Crippen LogP contribution in [0.3, 0.4) is 0 Å². The molecule has 0 saturated heterocycles. The SMILES string of the molecule is COC1=CCc2cc(C)ccc2C1N. The van der Waals surface area contributed by atoms with Gasteiger partial charge in [-0.15, -0.1) is 0 Å². The van der Waals surface area contributed by atoms with E-state index >= 15 is 0 Å². The zero-order valence-corrected chi connectivity index (χ0v) is 8.58. The van der Waals surface area contributed by atoms with Gasteiger partial charge in [-0.1, -0.05) is 23.8 Å². The van der Waals surface area contributed by atoms with Gasteiger partial charge >= 0.3 is 0 Å². The molecule has 1 unspecified atom stereocenters. The normalized spacial score (nSPS) is 19.9. The highest BCUT2D eigenvalue weighted by Crippen LogP contribution is 2.29. The molecule has 0 radical (unpaired) electrons. The Labute approximate surface area is 84.4 Å². The fourth-order valence-corrected chi connectivity index (χ4v) is 1.92. The topological polar surface area (TPSA) is 35.2 Å². The highest BCUT2D eigenvalue weighted by Gasteiger charge is 2.19. The molecule has 14 heavy (non-hydrogen) atoms. The average Bonchev–Trinajstić information content (AvgIpc) is 2.18. The number of hydrogen-bond donors (Lipinski definition) is 1. The second-order valence-electron chi connectivity index (χ2n) is 3.69. The van der Waals surface area contributed by atoms with Gasteiger partial charge in [-0.3, -0.25) is 0 Å². The Balaban J connectivity index is 2.43. The van der Waals surface area contributed by atoms with Crippen molar-refractivity contribution in [1.29, 1.82) is 0 Å². The highest BCUT2D eigenvalue weighted by atomic mass is 16.5. The van der Waals surface area contributed by atoms with Gasteiger partial charge in [0.1, 0.15) is 5.76 Å². The van der Waals surface area contributed by atoms with Gasteiger partial charge in [-0.25, -0.2) is 0 Å². The molecule has 1 aliphatic rings. The zero-order chi connectivity index (χ0) is 10.1. The van der Waals surface area contributed by atoms with Crippen LogP contribution >= 0.6 is 0 Å². The maximum absolute atomic E-state index is 6.06. The van der Waals surface area contributed by atoms with Gasteiger partial charge in [-0.05, 0) is 30.5 Å². The summed E-state index contributed by atoms with van der Waals surface area (Å²) in [4.78, 5) is 0.